The van der Waals surface area contributed by atoms with Crippen LogP contribution in [0.5, 0.6) is 0 Å². The molecule has 2 fully saturated rings. The van der Waals surface area contributed by atoms with Crippen molar-refractivity contribution in [3.63, 3.8) is 0 Å². The zero-order valence-electron chi connectivity index (χ0n) is 12.6. The summed E-state index contributed by atoms with van der Waals surface area (Å²) in [5.41, 5.74) is 1.16. The fourth-order valence-corrected chi connectivity index (χ4v) is 3.12. The molecule has 5 nitrogen and oxygen atoms in total. The molecule has 110 valence electrons. The molecular formula is C15H24N4O. The maximum Gasteiger partial charge on any atom is 0.137 e. The van der Waals surface area contributed by atoms with Gasteiger partial charge in [-0.15, -0.1) is 0 Å². The van der Waals surface area contributed by atoms with Crippen LogP contribution in [0.3, 0.4) is 0 Å². The lowest BCUT2D eigenvalue weighted by atomic mass is 10.2. The Balaban J connectivity index is 1.86. The van der Waals surface area contributed by atoms with Crippen molar-refractivity contribution in [3.8, 4) is 0 Å². The summed E-state index contributed by atoms with van der Waals surface area (Å²) in [6, 6.07) is 0. The van der Waals surface area contributed by atoms with Crippen LogP contribution in [0.25, 0.3) is 0 Å². The van der Waals surface area contributed by atoms with Crippen LogP contribution in [0.2, 0.25) is 0 Å². The van der Waals surface area contributed by atoms with Gasteiger partial charge < -0.3 is 15.0 Å². The minimum atomic E-state index is 0.385. The Bertz CT molecular complexity index is 479. The Morgan fingerprint density at radius 3 is 2.55 bits per heavy atom. The van der Waals surface area contributed by atoms with Gasteiger partial charge in [-0.2, -0.15) is 0 Å². The number of fused-ring (bicyclic) bond motifs is 2. The van der Waals surface area contributed by atoms with Gasteiger partial charge in [0.1, 0.15) is 17.5 Å². The van der Waals surface area contributed by atoms with E-state index in [2.05, 4.69) is 34.0 Å². The van der Waals surface area contributed by atoms with Gasteiger partial charge in [0.05, 0.1) is 12.2 Å². The summed E-state index contributed by atoms with van der Waals surface area (Å²) < 4.78 is 5.91. The Kier molecular flexibility index (Phi) is 3.78. The highest BCUT2D eigenvalue weighted by Crippen LogP contribution is 2.31. The molecule has 1 N–H and O–H groups in total. The second kappa shape index (κ2) is 5.56. The van der Waals surface area contributed by atoms with Crippen LogP contribution in [0.15, 0.2) is 0 Å². The molecule has 0 saturated carbocycles. The van der Waals surface area contributed by atoms with Crippen molar-refractivity contribution in [1.29, 1.82) is 0 Å². The van der Waals surface area contributed by atoms with Crippen molar-refractivity contribution in [2.45, 2.75) is 52.2 Å². The molecule has 20 heavy (non-hydrogen) atoms. The topological polar surface area (TPSA) is 50.3 Å². The number of aryl methyl sites for hydroxylation is 1. The summed E-state index contributed by atoms with van der Waals surface area (Å²) in [5, 5.41) is 3.41. The van der Waals surface area contributed by atoms with Crippen molar-refractivity contribution in [1.82, 2.24) is 9.97 Å². The van der Waals surface area contributed by atoms with Crippen LogP contribution >= 0.6 is 0 Å². The zero-order valence-corrected chi connectivity index (χ0v) is 12.6. The fraction of sp³-hybridized carbons (Fsp3) is 0.733. The maximum absolute atomic E-state index is 5.91. The number of morpholine rings is 1. The second-order valence-electron chi connectivity index (χ2n) is 5.86. The number of ether oxygens (including phenoxy) is 1. The summed E-state index contributed by atoms with van der Waals surface area (Å²) >= 11 is 0. The molecule has 2 bridgehead atoms. The number of rotatable bonds is 4. The van der Waals surface area contributed by atoms with Crippen LogP contribution in [-0.2, 0) is 4.74 Å². The molecule has 3 rings (SSSR count). The molecule has 0 aromatic carbocycles. The van der Waals surface area contributed by atoms with Gasteiger partial charge in [0.2, 0.25) is 0 Å². The molecule has 1 aromatic rings. The van der Waals surface area contributed by atoms with E-state index in [1.807, 2.05) is 6.92 Å². The van der Waals surface area contributed by atoms with Crippen LogP contribution in [0, 0.1) is 13.8 Å². The first-order chi connectivity index (χ1) is 9.67. The lowest BCUT2D eigenvalue weighted by Crippen LogP contribution is -2.43. The molecule has 1 aromatic heterocycles. The predicted octanol–water partition coefficient (Wildman–Crippen LogP) is 2.28. The van der Waals surface area contributed by atoms with Crippen molar-refractivity contribution < 1.29 is 4.74 Å². The van der Waals surface area contributed by atoms with Crippen LogP contribution in [-0.4, -0.2) is 41.8 Å². The molecule has 3 heterocycles. The van der Waals surface area contributed by atoms with Gasteiger partial charge >= 0.3 is 0 Å². The van der Waals surface area contributed by atoms with E-state index in [0.717, 1.165) is 49.1 Å². The SMILES string of the molecule is CCCNc1nc(C)nc(N2CC3CCC(C2)O3)c1C. The minimum absolute atomic E-state index is 0.385. The third-order valence-electron chi connectivity index (χ3n) is 4.12. The summed E-state index contributed by atoms with van der Waals surface area (Å²) in [5.74, 6) is 2.90. The number of aromatic nitrogens is 2. The van der Waals surface area contributed by atoms with E-state index in [1.54, 1.807) is 0 Å². The maximum atomic E-state index is 5.91. The third-order valence-corrected chi connectivity index (χ3v) is 4.12. The average Bonchev–Trinajstić information content (AvgIpc) is 2.78. The van der Waals surface area contributed by atoms with E-state index >= 15 is 0 Å². The van der Waals surface area contributed by atoms with Gasteiger partial charge in [0, 0.05) is 25.2 Å². The van der Waals surface area contributed by atoms with E-state index in [4.69, 9.17) is 4.74 Å². The molecule has 0 aliphatic carbocycles. The Hall–Kier alpha value is -1.36. The van der Waals surface area contributed by atoms with Crippen LogP contribution in [0.4, 0.5) is 11.6 Å². The van der Waals surface area contributed by atoms with E-state index in [0.29, 0.717) is 12.2 Å². The predicted molar refractivity (Wildman–Crippen MR) is 80.4 cm³/mol. The van der Waals surface area contributed by atoms with E-state index < -0.39 is 0 Å². The molecule has 2 atom stereocenters. The molecule has 0 spiro atoms. The highest BCUT2D eigenvalue weighted by molar-refractivity contribution is 5.59. The number of nitrogens with one attached hydrogen (secondary N) is 1. The summed E-state index contributed by atoms with van der Waals surface area (Å²) in [6.45, 7) is 9.11. The number of hydrogen-bond acceptors (Lipinski definition) is 5. The van der Waals surface area contributed by atoms with Crippen LogP contribution in [0.1, 0.15) is 37.6 Å². The molecule has 2 aliphatic rings. The van der Waals surface area contributed by atoms with Gasteiger partial charge in [-0.1, -0.05) is 6.92 Å². The lowest BCUT2D eigenvalue weighted by molar-refractivity contribution is 0.0302. The number of anilines is 2. The normalized spacial score (nSPS) is 25.1. The third kappa shape index (κ3) is 2.59. The molecule has 2 unspecified atom stereocenters. The molecule has 2 aliphatic heterocycles. The van der Waals surface area contributed by atoms with Crippen LogP contribution < -0.4 is 10.2 Å². The Morgan fingerprint density at radius 2 is 1.90 bits per heavy atom. The summed E-state index contributed by atoms with van der Waals surface area (Å²) in [4.78, 5) is 11.6. The summed E-state index contributed by atoms with van der Waals surface area (Å²) in [7, 11) is 0. The standard InChI is InChI=1S/C15H24N4O/c1-4-7-16-14-10(2)15(18-11(3)17-14)19-8-12-5-6-13(9-19)20-12/h12-13H,4-9H2,1-3H3,(H,16,17,18). The summed E-state index contributed by atoms with van der Waals surface area (Å²) in [6.07, 6.45) is 4.24. The van der Waals surface area contributed by atoms with Crippen molar-refractivity contribution in [2.24, 2.45) is 0 Å². The molecular weight excluding hydrogens is 252 g/mol. The van der Waals surface area contributed by atoms with Gasteiger partial charge in [-0.3, -0.25) is 0 Å². The monoisotopic (exact) mass is 276 g/mol. The number of nitrogens with zero attached hydrogens (tertiary/aromatic N) is 3. The van der Waals surface area contributed by atoms with Gasteiger partial charge in [-0.05, 0) is 33.1 Å². The van der Waals surface area contributed by atoms with Crippen molar-refractivity contribution in [2.75, 3.05) is 29.9 Å². The number of hydrogen-bond donors (Lipinski definition) is 1. The molecule has 0 radical (unpaired) electrons. The van der Waals surface area contributed by atoms with E-state index in [1.165, 1.54) is 12.8 Å². The quantitative estimate of drug-likeness (QED) is 0.914. The van der Waals surface area contributed by atoms with Crippen molar-refractivity contribution >= 4 is 11.6 Å². The van der Waals surface area contributed by atoms with E-state index in [9.17, 15) is 0 Å². The Labute approximate surface area is 120 Å². The van der Waals surface area contributed by atoms with Gasteiger partial charge in [0.15, 0.2) is 0 Å². The smallest absolute Gasteiger partial charge is 0.137 e. The lowest BCUT2D eigenvalue weighted by Gasteiger charge is -2.34. The molecule has 0 amide bonds. The molecule has 2 saturated heterocycles. The van der Waals surface area contributed by atoms with Crippen molar-refractivity contribution in [3.05, 3.63) is 11.4 Å². The van der Waals surface area contributed by atoms with E-state index in [-0.39, 0.29) is 0 Å². The second-order valence-corrected chi connectivity index (χ2v) is 5.86. The molecule has 5 heteroatoms. The largest absolute Gasteiger partial charge is 0.371 e. The highest BCUT2D eigenvalue weighted by atomic mass is 16.5. The fourth-order valence-electron chi connectivity index (χ4n) is 3.12. The van der Waals surface area contributed by atoms with Gasteiger partial charge in [0.25, 0.3) is 0 Å². The first-order valence-electron chi connectivity index (χ1n) is 7.67. The van der Waals surface area contributed by atoms with Gasteiger partial charge in [-0.25, -0.2) is 9.97 Å². The first-order valence-corrected chi connectivity index (χ1v) is 7.67. The first kappa shape index (κ1) is 13.6. The average molecular weight is 276 g/mol. The zero-order chi connectivity index (χ0) is 14.1. The Morgan fingerprint density at radius 1 is 1.20 bits per heavy atom. The highest BCUT2D eigenvalue weighted by Gasteiger charge is 2.35. The minimum Gasteiger partial charge on any atom is -0.371 e.